The molecule has 5 heteroatoms. The van der Waals surface area contributed by atoms with Crippen molar-refractivity contribution >= 4 is 11.9 Å². The Kier molecular flexibility index (Phi) is 22.3. The van der Waals surface area contributed by atoms with Crippen LogP contribution in [0.1, 0.15) is 136 Å². The summed E-state index contributed by atoms with van der Waals surface area (Å²) in [4.78, 5) is 23.4. The third kappa shape index (κ3) is 23.6. The fraction of sp³-hybridized carbons (Fsp3) is 0.926. The van der Waals surface area contributed by atoms with Gasteiger partial charge in [-0.25, -0.2) is 0 Å². The first kappa shape index (κ1) is 30.9. The Bertz CT molecular complexity index is 436. The molecule has 0 radical (unpaired) electrons. The van der Waals surface area contributed by atoms with Crippen LogP contribution in [-0.4, -0.2) is 36.4 Å². The fourth-order valence-electron chi connectivity index (χ4n) is 3.68. The number of aliphatic hydroxyl groups is 1. The molecule has 0 spiro atoms. The Morgan fingerprint density at radius 1 is 0.625 bits per heavy atom. The van der Waals surface area contributed by atoms with Crippen molar-refractivity contribution in [1.29, 1.82) is 0 Å². The van der Waals surface area contributed by atoms with Gasteiger partial charge < -0.3 is 14.6 Å². The number of rotatable bonds is 23. The number of ether oxygens (including phenoxy) is 2. The lowest BCUT2D eigenvalue weighted by molar-refractivity contribution is -0.152. The summed E-state index contributed by atoms with van der Waals surface area (Å²) in [6.45, 7) is 6.51. The SMILES string of the molecule is CCCCCCCC(=O)OC[C@H](O)COC(=O)CCCCCCCCCCCCC(C)C. The lowest BCUT2D eigenvalue weighted by Crippen LogP contribution is -2.25. The second kappa shape index (κ2) is 23.1. The van der Waals surface area contributed by atoms with Crippen molar-refractivity contribution in [3.05, 3.63) is 0 Å². The van der Waals surface area contributed by atoms with Crippen LogP contribution in [0.2, 0.25) is 0 Å². The maximum absolute atomic E-state index is 11.8. The van der Waals surface area contributed by atoms with E-state index in [1.807, 2.05) is 0 Å². The first-order valence-corrected chi connectivity index (χ1v) is 13.4. The van der Waals surface area contributed by atoms with Gasteiger partial charge in [-0.05, 0) is 18.8 Å². The molecule has 0 aliphatic rings. The molecular formula is C27H52O5. The van der Waals surface area contributed by atoms with Gasteiger partial charge in [0.2, 0.25) is 0 Å². The molecule has 0 aliphatic carbocycles. The van der Waals surface area contributed by atoms with Crippen molar-refractivity contribution in [2.75, 3.05) is 13.2 Å². The van der Waals surface area contributed by atoms with Crippen LogP contribution in [0.15, 0.2) is 0 Å². The quantitative estimate of drug-likeness (QED) is 0.131. The Morgan fingerprint density at radius 2 is 1.00 bits per heavy atom. The molecule has 0 rings (SSSR count). The number of hydrogen-bond acceptors (Lipinski definition) is 5. The van der Waals surface area contributed by atoms with Gasteiger partial charge in [0, 0.05) is 12.8 Å². The monoisotopic (exact) mass is 456 g/mol. The first-order valence-electron chi connectivity index (χ1n) is 13.4. The number of aliphatic hydroxyl groups excluding tert-OH is 1. The lowest BCUT2D eigenvalue weighted by atomic mass is 10.0. The molecule has 0 saturated heterocycles. The molecule has 1 atom stereocenters. The van der Waals surface area contributed by atoms with E-state index in [9.17, 15) is 14.7 Å². The molecule has 1 N–H and O–H groups in total. The van der Waals surface area contributed by atoms with E-state index in [4.69, 9.17) is 9.47 Å². The van der Waals surface area contributed by atoms with Gasteiger partial charge in [-0.1, -0.05) is 111 Å². The van der Waals surface area contributed by atoms with E-state index in [1.54, 1.807) is 0 Å². The average molecular weight is 457 g/mol. The van der Waals surface area contributed by atoms with Gasteiger partial charge in [0.05, 0.1) is 0 Å². The average Bonchev–Trinajstić information content (AvgIpc) is 2.76. The number of carbonyl (C=O) groups is 2. The summed E-state index contributed by atoms with van der Waals surface area (Å²) < 4.78 is 10.1. The summed E-state index contributed by atoms with van der Waals surface area (Å²) in [5, 5.41) is 9.82. The van der Waals surface area contributed by atoms with Crippen molar-refractivity contribution in [2.24, 2.45) is 5.92 Å². The highest BCUT2D eigenvalue weighted by Crippen LogP contribution is 2.14. The molecule has 0 aromatic carbocycles. The lowest BCUT2D eigenvalue weighted by Gasteiger charge is -2.12. The van der Waals surface area contributed by atoms with Crippen LogP contribution in [0, 0.1) is 5.92 Å². The molecule has 0 saturated carbocycles. The van der Waals surface area contributed by atoms with Crippen LogP contribution in [0.3, 0.4) is 0 Å². The van der Waals surface area contributed by atoms with E-state index < -0.39 is 6.10 Å². The molecule has 0 bridgehead atoms. The Morgan fingerprint density at radius 3 is 1.41 bits per heavy atom. The van der Waals surface area contributed by atoms with Gasteiger partial charge in [-0.2, -0.15) is 0 Å². The second-order valence-electron chi connectivity index (χ2n) is 9.65. The number of esters is 2. The summed E-state index contributed by atoms with van der Waals surface area (Å²) >= 11 is 0. The molecule has 0 fully saturated rings. The van der Waals surface area contributed by atoms with Gasteiger partial charge in [-0.3, -0.25) is 9.59 Å². The third-order valence-electron chi connectivity index (χ3n) is 5.77. The normalized spacial score (nSPS) is 12.2. The van der Waals surface area contributed by atoms with Crippen molar-refractivity contribution in [1.82, 2.24) is 0 Å². The molecule has 5 nitrogen and oxygen atoms in total. The number of unbranched alkanes of at least 4 members (excludes halogenated alkanes) is 13. The van der Waals surface area contributed by atoms with Crippen molar-refractivity contribution in [2.45, 2.75) is 142 Å². The largest absolute Gasteiger partial charge is 0.463 e. The molecule has 190 valence electrons. The zero-order chi connectivity index (χ0) is 23.9. The zero-order valence-electron chi connectivity index (χ0n) is 21.4. The van der Waals surface area contributed by atoms with Crippen molar-refractivity contribution in [3.8, 4) is 0 Å². The van der Waals surface area contributed by atoms with E-state index in [0.717, 1.165) is 44.4 Å². The van der Waals surface area contributed by atoms with Crippen LogP contribution in [0.5, 0.6) is 0 Å². The van der Waals surface area contributed by atoms with Crippen LogP contribution in [0.4, 0.5) is 0 Å². The maximum Gasteiger partial charge on any atom is 0.305 e. The van der Waals surface area contributed by atoms with E-state index >= 15 is 0 Å². The topological polar surface area (TPSA) is 72.8 Å². The maximum atomic E-state index is 11.8. The smallest absolute Gasteiger partial charge is 0.305 e. The fourth-order valence-corrected chi connectivity index (χ4v) is 3.68. The molecular weight excluding hydrogens is 404 g/mol. The van der Waals surface area contributed by atoms with Crippen LogP contribution < -0.4 is 0 Å². The molecule has 0 heterocycles. The third-order valence-corrected chi connectivity index (χ3v) is 5.77. The Balaban J connectivity index is 3.42. The summed E-state index contributed by atoms with van der Waals surface area (Å²) in [5.41, 5.74) is 0. The zero-order valence-corrected chi connectivity index (χ0v) is 21.4. The van der Waals surface area contributed by atoms with Crippen LogP contribution >= 0.6 is 0 Å². The highest BCUT2D eigenvalue weighted by atomic mass is 16.6. The molecule has 32 heavy (non-hydrogen) atoms. The molecule has 0 amide bonds. The van der Waals surface area contributed by atoms with Gasteiger partial charge in [0.25, 0.3) is 0 Å². The Labute approximate surface area is 198 Å². The standard InChI is InChI=1S/C27H52O5/c1-4-5-6-13-17-20-26(29)31-22-25(28)23-32-27(30)21-18-15-12-10-8-7-9-11-14-16-19-24(2)3/h24-25,28H,4-23H2,1-3H3/t25-/m0/s1. The summed E-state index contributed by atoms with van der Waals surface area (Å²) in [6.07, 6.45) is 18.9. The molecule has 0 aromatic rings. The van der Waals surface area contributed by atoms with Crippen molar-refractivity contribution in [3.63, 3.8) is 0 Å². The van der Waals surface area contributed by atoms with E-state index in [2.05, 4.69) is 20.8 Å². The van der Waals surface area contributed by atoms with Gasteiger partial charge in [0.15, 0.2) is 0 Å². The predicted molar refractivity (Wildman–Crippen MR) is 132 cm³/mol. The summed E-state index contributed by atoms with van der Waals surface area (Å²) in [6, 6.07) is 0. The van der Waals surface area contributed by atoms with Crippen LogP contribution in [-0.2, 0) is 19.1 Å². The first-order chi connectivity index (χ1) is 15.5. The van der Waals surface area contributed by atoms with Gasteiger partial charge in [0.1, 0.15) is 19.3 Å². The minimum Gasteiger partial charge on any atom is -0.463 e. The van der Waals surface area contributed by atoms with Gasteiger partial charge in [-0.15, -0.1) is 0 Å². The van der Waals surface area contributed by atoms with Gasteiger partial charge >= 0.3 is 11.9 Å². The molecule has 0 aliphatic heterocycles. The summed E-state index contributed by atoms with van der Waals surface area (Å²) in [7, 11) is 0. The highest BCUT2D eigenvalue weighted by Gasteiger charge is 2.12. The number of carbonyl (C=O) groups excluding carboxylic acids is 2. The minimum atomic E-state index is -0.951. The number of hydrogen-bond donors (Lipinski definition) is 1. The second-order valence-corrected chi connectivity index (χ2v) is 9.65. The highest BCUT2D eigenvalue weighted by molar-refractivity contribution is 5.69. The van der Waals surface area contributed by atoms with E-state index in [-0.39, 0.29) is 25.2 Å². The summed E-state index contributed by atoms with van der Waals surface area (Å²) in [5.74, 6) is 0.252. The predicted octanol–water partition coefficient (Wildman–Crippen LogP) is 7.13. The van der Waals surface area contributed by atoms with Crippen LogP contribution in [0.25, 0.3) is 0 Å². The Hall–Kier alpha value is -1.10. The molecule has 0 unspecified atom stereocenters. The van der Waals surface area contributed by atoms with E-state index in [1.165, 1.54) is 64.2 Å². The minimum absolute atomic E-state index is 0.111. The van der Waals surface area contributed by atoms with Crippen molar-refractivity contribution < 1.29 is 24.2 Å². The van der Waals surface area contributed by atoms with E-state index in [0.29, 0.717) is 12.8 Å². The molecule has 0 aromatic heterocycles.